The van der Waals surface area contributed by atoms with Crippen molar-refractivity contribution in [2.45, 2.75) is 27.2 Å². The van der Waals surface area contributed by atoms with E-state index in [0.29, 0.717) is 12.2 Å². The average molecular weight is 295 g/mol. The van der Waals surface area contributed by atoms with Crippen molar-refractivity contribution >= 4 is 12.0 Å². The van der Waals surface area contributed by atoms with Gasteiger partial charge in [-0.2, -0.15) is 0 Å². The van der Waals surface area contributed by atoms with Crippen LogP contribution in [0.4, 0.5) is 0 Å². The summed E-state index contributed by atoms with van der Waals surface area (Å²) in [7, 11) is 0. The topological polar surface area (TPSA) is 39.2 Å². The van der Waals surface area contributed by atoms with Crippen LogP contribution in [-0.2, 0) is 16.0 Å². The van der Waals surface area contributed by atoms with Gasteiger partial charge in [0.1, 0.15) is 0 Å². The van der Waals surface area contributed by atoms with Gasteiger partial charge in [0.05, 0.1) is 6.61 Å². The van der Waals surface area contributed by atoms with Crippen LogP contribution < -0.4 is 0 Å². The molecule has 1 heterocycles. The molecule has 1 aromatic carbocycles. The molecule has 0 unspecified atom stereocenters. The highest BCUT2D eigenvalue weighted by Gasteiger charge is 2.05. The van der Waals surface area contributed by atoms with Crippen LogP contribution in [0.2, 0.25) is 0 Å². The third-order valence-electron chi connectivity index (χ3n) is 3.50. The molecule has 22 heavy (non-hydrogen) atoms. The average Bonchev–Trinajstić information content (AvgIpc) is 2.51. The fourth-order valence-electron chi connectivity index (χ4n) is 2.19. The van der Waals surface area contributed by atoms with Crippen molar-refractivity contribution in [2.75, 3.05) is 6.61 Å². The molecule has 0 amide bonds. The van der Waals surface area contributed by atoms with Crippen LogP contribution in [0.25, 0.3) is 6.08 Å². The largest absolute Gasteiger partial charge is 0.463 e. The van der Waals surface area contributed by atoms with E-state index >= 15 is 0 Å². The van der Waals surface area contributed by atoms with Gasteiger partial charge >= 0.3 is 5.97 Å². The zero-order valence-electron chi connectivity index (χ0n) is 13.3. The number of aryl methyl sites for hydroxylation is 1. The van der Waals surface area contributed by atoms with Gasteiger partial charge in [-0.1, -0.05) is 24.3 Å². The molecule has 0 fully saturated rings. The number of hydrogen-bond acceptors (Lipinski definition) is 3. The van der Waals surface area contributed by atoms with E-state index < -0.39 is 0 Å². The first-order valence-corrected chi connectivity index (χ1v) is 7.44. The Labute approximate surface area is 131 Å². The molecule has 0 saturated carbocycles. The van der Waals surface area contributed by atoms with E-state index in [1.54, 1.807) is 13.8 Å². The zero-order valence-corrected chi connectivity index (χ0v) is 13.3. The molecule has 0 saturated heterocycles. The summed E-state index contributed by atoms with van der Waals surface area (Å²) in [5, 5.41) is 0. The second-order valence-electron chi connectivity index (χ2n) is 5.27. The summed E-state index contributed by atoms with van der Waals surface area (Å²) in [5.41, 5.74) is 5.31. The van der Waals surface area contributed by atoms with Gasteiger partial charge in [-0.25, -0.2) is 4.79 Å². The fraction of sp³-hybridized carbons (Fsp3) is 0.263. The molecule has 2 rings (SSSR count). The van der Waals surface area contributed by atoms with Crippen LogP contribution in [0.5, 0.6) is 0 Å². The number of ether oxygens (including phenoxy) is 1. The first kappa shape index (κ1) is 16.0. The lowest BCUT2D eigenvalue weighted by Gasteiger charge is -2.06. The van der Waals surface area contributed by atoms with E-state index in [0.717, 1.165) is 12.0 Å². The van der Waals surface area contributed by atoms with E-state index in [4.69, 9.17) is 4.74 Å². The van der Waals surface area contributed by atoms with Crippen molar-refractivity contribution in [3.8, 4) is 0 Å². The lowest BCUT2D eigenvalue weighted by atomic mass is 10.0. The Balaban J connectivity index is 2.09. The van der Waals surface area contributed by atoms with Crippen LogP contribution in [0.1, 0.15) is 36.1 Å². The third-order valence-corrected chi connectivity index (χ3v) is 3.50. The normalized spacial score (nSPS) is 11.3. The summed E-state index contributed by atoms with van der Waals surface area (Å²) in [6.07, 6.45) is 6.43. The van der Waals surface area contributed by atoms with Crippen molar-refractivity contribution in [1.82, 2.24) is 4.98 Å². The van der Waals surface area contributed by atoms with Crippen molar-refractivity contribution in [3.05, 3.63) is 70.6 Å². The number of esters is 1. The molecule has 0 aliphatic carbocycles. The molecule has 0 aliphatic heterocycles. The molecule has 3 heteroatoms. The molecule has 2 aromatic rings. The number of aromatic nitrogens is 1. The number of carbonyl (C=O) groups is 1. The fourth-order valence-corrected chi connectivity index (χ4v) is 2.19. The van der Waals surface area contributed by atoms with Gasteiger partial charge in [-0.05, 0) is 61.6 Å². The van der Waals surface area contributed by atoms with E-state index in [-0.39, 0.29) is 5.97 Å². The minimum Gasteiger partial charge on any atom is -0.463 e. The number of benzene rings is 1. The highest BCUT2D eigenvalue weighted by atomic mass is 16.5. The number of pyridine rings is 1. The molecular weight excluding hydrogens is 274 g/mol. The van der Waals surface area contributed by atoms with Gasteiger partial charge < -0.3 is 4.74 Å². The quantitative estimate of drug-likeness (QED) is 0.619. The predicted octanol–water partition coefficient (Wildman–Crippen LogP) is 3.95. The summed E-state index contributed by atoms with van der Waals surface area (Å²) in [6, 6.07) is 10.2. The maximum absolute atomic E-state index is 11.6. The highest BCUT2D eigenvalue weighted by Crippen LogP contribution is 2.15. The van der Waals surface area contributed by atoms with Crippen LogP contribution in [-0.4, -0.2) is 17.6 Å². The van der Waals surface area contributed by atoms with E-state index in [9.17, 15) is 4.79 Å². The molecular formula is C19H21NO2. The summed E-state index contributed by atoms with van der Waals surface area (Å²) in [6.45, 7) is 6.07. The van der Waals surface area contributed by atoms with E-state index in [2.05, 4.69) is 24.0 Å². The van der Waals surface area contributed by atoms with Crippen molar-refractivity contribution in [3.63, 3.8) is 0 Å². The minimum absolute atomic E-state index is 0.266. The minimum atomic E-state index is -0.266. The Morgan fingerprint density at radius 1 is 1.23 bits per heavy atom. The third kappa shape index (κ3) is 4.29. The van der Waals surface area contributed by atoms with Gasteiger partial charge in [0.15, 0.2) is 0 Å². The molecule has 114 valence electrons. The Bertz CT molecular complexity index is 672. The smallest absolute Gasteiger partial charge is 0.333 e. The van der Waals surface area contributed by atoms with Gasteiger partial charge in [-0.3, -0.25) is 4.98 Å². The monoisotopic (exact) mass is 295 g/mol. The van der Waals surface area contributed by atoms with Crippen molar-refractivity contribution < 1.29 is 9.53 Å². The van der Waals surface area contributed by atoms with Crippen LogP contribution in [0, 0.1) is 6.92 Å². The Kier molecular flexibility index (Phi) is 5.48. The summed E-state index contributed by atoms with van der Waals surface area (Å²) < 4.78 is 4.98. The lowest BCUT2D eigenvalue weighted by molar-refractivity contribution is -0.138. The molecule has 0 N–H and O–H groups in total. The number of nitrogens with zero attached hydrogens (tertiary/aromatic N) is 1. The van der Waals surface area contributed by atoms with Gasteiger partial charge in [0.25, 0.3) is 0 Å². The van der Waals surface area contributed by atoms with Gasteiger partial charge in [0, 0.05) is 18.0 Å². The maximum Gasteiger partial charge on any atom is 0.333 e. The number of carbonyl (C=O) groups excluding carboxylic acids is 1. The van der Waals surface area contributed by atoms with Crippen molar-refractivity contribution in [1.29, 1.82) is 0 Å². The Hall–Kier alpha value is -2.42. The van der Waals surface area contributed by atoms with Crippen LogP contribution in [0.15, 0.2) is 48.3 Å². The second kappa shape index (κ2) is 7.55. The van der Waals surface area contributed by atoms with E-state index in [1.165, 1.54) is 16.7 Å². The Morgan fingerprint density at radius 3 is 2.59 bits per heavy atom. The van der Waals surface area contributed by atoms with E-state index in [1.807, 2.05) is 36.7 Å². The molecule has 0 bridgehead atoms. The molecule has 0 aliphatic rings. The summed E-state index contributed by atoms with van der Waals surface area (Å²) in [5.74, 6) is -0.266. The van der Waals surface area contributed by atoms with Crippen molar-refractivity contribution in [2.24, 2.45) is 0 Å². The molecule has 3 nitrogen and oxygen atoms in total. The molecule has 0 atom stereocenters. The molecule has 0 spiro atoms. The maximum atomic E-state index is 11.6. The lowest BCUT2D eigenvalue weighted by Crippen LogP contribution is -2.04. The first-order valence-electron chi connectivity index (χ1n) is 7.44. The van der Waals surface area contributed by atoms with Crippen LogP contribution in [0.3, 0.4) is 0 Å². The SMILES string of the molecule is CCOC(=O)/C(C)=C/c1ccc(Cc2cnccc2C)cc1. The summed E-state index contributed by atoms with van der Waals surface area (Å²) in [4.78, 5) is 15.8. The highest BCUT2D eigenvalue weighted by molar-refractivity contribution is 5.92. The molecule has 1 aromatic heterocycles. The Morgan fingerprint density at radius 2 is 1.95 bits per heavy atom. The predicted molar refractivity (Wildman–Crippen MR) is 88.5 cm³/mol. The summed E-state index contributed by atoms with van der Waals surface area (Å²) >= 11 is 0. The van der Waals surface area contributed by atoms with Gasteiger partial charge in [-0.15, -0.1) is 0 Å². The number of rotatable bonds is 5. The first-order chi connectivity index (χ1) is 10.6. The number of hydrogen-bond donors (Lipinski definition) is 0. The standard InChI is InChI=1S/C19H21NO2/c1-4-22-19(21)15(3)11-16-5-7-17(8-6-16)12-18-13-20-10-9-14(18)2/h5-11,13H,4,12H2,1-3H3/b15-11+. The zero-order chi connectivity index (χ0) is 15.9. The van der Waals surface area contributed by atoms with Crippen LogP contribution >= 0.6 is 0 Å². The second-order valence-corrected chi connectivity index (χ2v) is 5.27. The van der Waals surface area contributed by atoms with Gasteiger partial charge in [0.2, 0.25) is 0 Å². The molecule has 0 radical (unpaired) electrons.